The van der Waals surface area contributed by atoms with Crippen molar-refractivity contribution in [2.45, 2.75) is 46.6 Å². The Bertz CT molecular complexity index is 684. The van der Waals surface area contributed by atoms with E-state index in [1.54, 1.807) is 0 Å². The van der Waals surface area contributed by atoms with Gasteiger partial charge in [0, 0.05) is 30.5 Å². The zero-order chi connectivity index (χ0) is 15.0. The molecule has 0 atom stereocenters. The van der Waals surface area contributed by atoms with E-state index < -0.39 is 0 Å². The van der Waals surface area contributed by atoms with Gasteiger partial charge in [0.2, 0.25) is 0 Å². The van der Waals surface area contributed by atoms with Crippen LogP contribution in [0.5, 0.6) is 0 Å². The van der Waals surface area contributed by atoms with Crippen molar-refractivity contribution in [1.29, 1.82) is 0 Å². The molecule has 0 N–H and O–H groups in total. The van der Waals surface area contributed by atoms with Crippen molar-refractivity contribution in [1.82, 2.24) is 9.47 Å². The number of hydrogen-bond acceptors (Lipinski definition) is 1. The molecule has 0 bridgehead atoms. The van der Waals surface area contributed by atoms with Crippen molar-refractivity contribution in [3.8, 4) is 0 Å². The lowest BCUT2D eigenvalue weighted by Crippen LogP contribution is -2.39. The fourth-order valence-electron chi connectivity index (χ4n) is 3.42. The molecule has 1 amide bonds. The Morgan fingerprint density at radius 1 is 1.24 bits per heavy atom. The Hall–Kier alpha value is -1.77. The maximum atomic E-state index is 12.9. The van der Waals surface area contributed by atoms with Gasteiger partial charge in [0.05, 0.1) is 0 Å². The van der Waals surface area contributed by atoms with Crippen LogP contribution >= 0.6 is 0 Å². The number of rotatable bonds is 4. The number of carbonyl (C=O) groups excluding carboxylic acids is 1. The highest BCUT2D eigenvalue weighted by Gasteiger charge is 2.29. The van der Waals surface area contributed by atoms with Gasteiger partial charge in [0.1, 0.15) is 5.69 Å². The third-order valence-corrected chi connectivity index (χ3v) is 4.54. The third kappa shape index (κ3) is 2.25. The Balaban J connectivity index is 2.12. The molecule has 3 heteroatoms. The molecule has 1 aromatic carbocycles. The number of nitrogens with zero attached hydrogens (tertiary/aromatic N) is 2. The normalized spacial score (nSPS) is 14.8. The molecule has 2 heterocycles. The minimum absolute atomic E-state index is 0.223. The van der Waals surface area contributed by atoms with E-state index in [1.807, 2.05) is 4.90 Å². The summed E-state index contributed by atoms with van der Waals surface area (Å²) in [6, 6.07) is 6.53. The van der Waals surface area contributed by atoms with Gasteiger partial charge in [0.25, 0.3) is 5.91 Å². The predicted octanol–water partition coefficient (Wildman–Crippen LogP) is 3.77. The Morgan fingerprint density at radius 2 is 2.05 bits per heavy atom. The average Bonchev–Trinajstić information content (AvgIpc) is 2.80. The second-order valence-electron chi connectivity index (χ2n) is 5.99. The van der Waals surface area contributed by atoms with Crippen molar-refractivity contribution < 1.29 is 4.79 Å². The first-order chi connectivity index (χ1) is 10.2. The lowest BCUT2D eigenvalue weighted by Gasteiger charge is -2.28. The first kappa shape index (κ1) is 14.2. The van der Waals surface area contributed by atoms with E-state index in [1.165, 1.54) is 22.0 Å². The standard InChI is InChI=1S/C18H24N2O/c1-4-6-10-19-11-9-14-15-12-13(3)7-8-16(15)20(5-2)17(14)18(19)21/h7-8,12H,4-6,9-11H2,1-3H3. The molecular formula is C18H24N2O. The van der Waals surface area contributed by atoms with Crippen LogP contribution in [0.4, 0.5) is 0 Å². The van der Waals surface area contributed by atoms with E-state index in [0.717, 1.165) is 44.6 Å². The maximum Gasteiger partial charge on any atom is 0.270 e. The van der Waals surface area contributed by atoms with Gasteiger partial charge in [-0.3, -0.25) is 4.79 Å². The van der Waals surface area contributed by atoms with E-state index in [0.29, 0.717) is 0 Å². The van der Waals surface area contributed by atoms with E-state index >= 15 is 0 Å². The SMILES string of the molecule is CCCCN1CCc2c(n(CC)c3ccc(C)cc23)C1=O. The summed E-state index contributed by atoms with van der Waals surface area (Å²) in [5.41, 5.74) is 4.66. The van der Waals surface area contributed by atoms with Crippen LogP contribution in [0, 0.1) is 6.92 Å². The van der Waals surface area contributed by atoms with Gasteiger partial charge >= 0.3 is 0 Å². The van der Waals surface area contributed by atoms with E-state index in [2.05, 4.69) is 43.5 Å². The molecule has 0 saturated heterocycles. The first-order valence-electron chi connectivity index (χ1n) is 8.08. The van der Waals surface area contributed by atoms with Crippen molar-refractivity contribution in [2.75, 3.05) is 13.1 Å². The van der Waals surface area contributed by atoms with Gasteiger partial charge in [-0.1, -0.05) is 25.0 Å². The summed E-state index contributed by atoms with van der Waals surface area (Å²) in [4.78, 5) is 14.9. The monoisotopic (exact) mass is 284 g/mol. The highest BCUT2D eigenvalue weighted by molar-refractivity contribution is 6.03. The summed E-state index contributed by atoms with van der Waals surface area (Å²) in [7, 11) is 0. The smallest absolute Gasteiger partial charge is 0.270 e. The van der Waals surface area contributed by atoms with Crippen LogP contribution in [0.2, 0.25) is 0 Å². The second kappa shape index (κ2) is 5.55. The molecule has 0 aliphatic carbocycles. The van der Waals surface area contributed by atoms with E-state index in [9.17, 15) is 4.79 Å². The molecule has 1 aliphatic rings. The Kier molecular flexibility index (Phi) is 3.75. The molecule has 1 aliphatic heterocycles. The molecule has 3 rings (SSSR count). The van der Waals surface area contributed by atoms with Gasteiger partial charge in [-0.05, 0) is 44.4 Å². The number of benzene rings is 1. The van der Waals surface area contributed by atoms with Crippen molar-refractivity contribution in [2.24, 2.45) is 0 Å². The van der Waals surface area contributed by atoms with Crippen LogP contribution in [0.3, 0.4) is 0 Å². The van der Waals surface area contributed by atoms with Crippen molar-refractivity contribution in [3.05, 3.63) is 35.0 Å². The topological polar surface area (TPSA) is 25.2 Å². The second-order valence-corrected chi connectivity index (χ2v) is 5.99. The summed E-state index contributed by atoms with van der Waals surface area (Å²) in [6.07, 6.45) is 3.21. The van der Waals surface area contributed by atoms with Crippen LogP contribution in [-0.4, -0.2) is 28.5 Å². The molecular weight excluding hydrogens is 260 g/mol. The van der Waals surface area contributed by atoms with E-state index in [4.69, 9.17) is 0 Å². The number of fused-ring (bicyclic) bond motifs is 3. The number of amides is 1. The maximum absolute atomic E-state index is 12.9. The third-order valence-electron chi connectivity index (χ3n) is 4.54. The summed E-state index contributed by atoms with van der Waals surface area (Å²) in [5, 5.41) is 1.27. The number of carbonyl (C=O) groups is 1. The minimum Gasteiger partial charge on any atom is -0.337 e. The van der Waals surface area contributed by atoms with Crippen LogP contribution < -0.4 is 0 Å². The van der Waals surface area contributed by atoms with Crippen LogP contribution in [0.25, 0.3) is 10.9 Å². The zero-order valence-corrected chi connectivity index (χ0v) is 13.3. The number of unbranched alkanes of at least 4 members (excludes halogenated alkanes) is 1. The Labute approximate surface area is 126 Å². The number of hydrogen-bond donors (Lipinski definition) is 0. The van der Waals surface area contributed by atoms with Crippen LogP contribution in [0.15, 0.2) is 18.2 Å². The molecule has 112 valence electrons. The fourth-order valence-corrected chi connectivity index (χ4v) is 3.42. The predicted molar refractivity (Wildman–Crippen MR) is 86.9 cm³/mol. The summed E-state index contributed by atoms with van der Waals surface area (Å²) in [5.74, 6) is 0.223. The Morgan fingerprint density at radius 3 is 2.76 bits per heavy atom. The molecule has 21 heavy (non-hydrogen) atoms. The van der Waals surface area contributed by atoms with Gasteiger partial charge in [-0.2, -0.15) is 0 Å². The van der Waals surface area contributed by atoms with Crippen LogP contribution in [-0.2, 0) is 13.0 Å². The van der Waals surface area contributed by atoms with Gasteiger partial charge in [-0.15, -0.1) is 0 Å². The quantitative estimate of drug-likeness (QED) is 0.839. The molecule has 1 aromatic heterocycles. The van der Waals surface area contributed by atoms with Gasteiger partial charge in [0.15, 0.2) is 0 Å². The zero-order valence-electron chi connectivity index (χ0n) is 13.3. The summed E-state index contributed by atoms with van der Waals surface area (Å²) < 4.78 is 2.20. The highest BCUT2D eigenvalue weighted by atomic mass is 16.2. The fraction of sp³-hybridized carbons (Fsp3) is 0.500. The van der Waals surface area contributed by atoms with Crippen molar-refractivity contribution in [3.63, 3.8) is 0 Å². The summed E-state index contributed by atoms with van der Waals surface area (Å²) in [6.45, 7) is 9.01. The first-order valence-corrected chi connectivity index (χ1v) is 8.08. The van der Waals surface area contributed by atoms with Crippen LogP contribution in [0.1, 0.15) is 48.3 Å². The molecule has 2 aromatic rings. The van der Waals surface area contributed by atoms with E-state index in [-0.39, 0.29) is 5.91 Å². The largest absolute Gasteiger partial charge is 0.337 e. The highest BCUT2D eigenvalue weighted by Crippen LogP contribution is 2.31. The lowest BCUT2D eigenvalue weighted by atomic mass is 10.0. The lowest BCUT2D eigenvalue weighted by molar-refractivity contribution is 0.0726. The molecule has 0 spiro atoms. The molecule has 0 unspecified atom stereocenters. The molecule has 3 nitrogen and oxygen atoms in total. The van der Waals surface area contributed by atoms with Crippen molar-refractivity contribution >= 4 is 16.8 Å². The summed E-state index contributed by atoms with van der Waals surface area (Å²) >= 11 is 0. The molecule has 0 fully saturated rings. The number of aromatic nitrogens is 1. The average molecular weight is 284 g/mol. The molecule has 0 saturated carbocycles. The number of aryl methyl sites for hydroxylation is 2. The van der Waals surface area contributed by atoms with Gasteiger partial charge in [-0.25, -0.2) is 0 Å². The minimum atomic E-state index is 0.223. The van der Waals surface area contributed by atoms with Gasteiger partial charge < -0.3 is 9.47 Å². The molecule has 0 radical (unpaired) electrons.